The Balaban J connectivity index is 1.51. The minimum absolute atomic E-state index is 0.471. The Morgan fingerprint density at radius 1 is 1.24 bits per heavy atom. The second-order valence-corrected chi connectivity index (χ2v) is 6.37. The fourth-order valence-corrected chi connectivity index (χ4v) is 3.14. The van der Waals surface area contributed by atoms with Gasteiger partial charge >= 0.3 is 0 Å². The summed E-state index contributed by atoms with van der Waals surface area (Å²) in [7, 11) is 1.70. The van der Waals surface area contributed by atoms with Gasteiger partial charge in [-0.05, 0) is 38.0 Å². The molecule has 0 saturated carbocycles. The van der Waals surface area contributed by atoms with Crippen molar-refractivity contribution in [2.24, 2.45) is 0 Å². The van der Waals surface area contributed by atoms with E-state index in [0.717, 1.165) is 42.5 Å². The number of anilines is 1. The average Bonchev–Trinajstić information content (AvgIpc) is 2.66. The molecule has 2 heterocycles. The molecule has 5 heteroatoms. The number of nitrogens with zero attached hydrogens (tertiary/aromatic N) is 3. The van der Waals surface area contributed by atoms with Gasteiger partial charge in [0.05, 0.1) is 12.8 Å². The summed E-state index contributed by atoms with van der Waals surface area (Å²) >= 11 is 0. The lowest BCUT2D eigenvalue weighted by Crippen LogP contribution is -2.46. The quantitative estimate of drug-likeness (QED) is 0.877. The number of hydrogen-bond acceptors (Lipinski definition) is 5. The van der Waals surface area contributed by atoms with Crippen LogP contribution in [0.25, 0.3) is 6.08 Å². The molecule has 1 aromatic carbocycles. The van der Waals surface area contributed by atoms with Crippen LogP contribution >= 0.6 is 0 Å². The summed E-state index contributed by atoms with van der Waals surface area (Å²) in [5.41, 5.74) is 2.06. The lowest BCUT2D eigenvalue weighted by molar-refractivity contribution is 0.414. The van der Waals surface area contributed by atoms with Gasteiger partial charge in [-0.15, -0.1) is 5.10 Å². The van der Waals surface area contributed by atoms with Crippen LogP contribution in [0.1, 0.15) is 24.1 Å². The van der Waals surface area contributed by atoms with E-state index in [-0.39, 0.29) is 0 Å². The van der Waals surface area contributed by atoms with Crippen molar-refractivity contribution in [2.45, 2.75) is 25.8 Å². The molecule has 1 atom stereocenters. The van der Waals surface area contributed by atoms with Crippen LogP contribution < -0.4 is 15.0 Å². The molecular weight excluding hydrogens is 312 g/mol. The van der Waals surface area contributed by atoms with Crippen molar-refractivity contribution in [1.29, 1.82) is 0 Å². The van der Waals surface area contributed by atoms with Crippen LogP contribution in [-0.4, -0.2) is 43.0 Å². The smallest absolute Gasteiger partial charge is 0.151 e. The predicted molar refractivity (Wildman–Crippen MR) is 102 cm³/mol. The van der Waals surface area contributed by atoms with Crippen molar-refractivity contribution in [3.63, 3.8) is 0 Å². The molecule has 3 rings (SSSR count). The highest BCUT2D eigenvalue weighted by Gasteiger charge is 2.20. The monoisotopic (exact) mass is 338 g/mol. The highest BCUT2D eigenvalue weighted by Crippen LogP contribution is 2.19. The van der Waals surface area contributed by atoms with Gasteiger partial charge in [-0.1, -0.05) is 30.4 Å². The van der Waals surface area contributed by atoms with E-state index in [1.807, 2.05) is 31.2 Å². The number of ether oxygens (including phenoxy) is 1. The third-order valence-corrected chi connectivity index (χ3v) is 4.49. The van der Waals surface area contributed by atoms with Crippen LogP contribution in [0.5, 0.6) is 5.75 Å². The molecule has 132 valence electrons. The lowest BCUT2D eigenvalue weighted by Gasteiger charge is -2.33. The van der Waals surface area contributed by atoms with Crippen LogP contribution in [0.15, 0.2) is 42.5 Å². The van der Waals surface area contributed by atoms with E-state index in [0.29, 0.717) is 6.04 Å². The van der Waals surface area contributed by atoms with Gasteiger partial charge < -0.3 is 15.0 Å². The zero-order valence-electron chi connectivity index (χ0n) is 15.0. The minimum Gasteiger partial charge on any atom is -0.496 e. The zero-order chi connectivity index (χ0) is 17.5. The van der Waals surface area contributed by atoms with E-state index in [2.05, 4.69) is 44.7 Å². The summed E-state index contributed by atoms with van der Waals surface area (Å²) in [5.74, 6) is 1.88. The van der Waals surface area contributed by atoms with Crippen LogP contribution in [0.3, 0.4) is 0 Å². The molecule has 0 spiro atoms. The van der Waals surface area contributed by atoms with Crippen molar-refractivity contribution >= 4 is 11.9 Å². The molecule has 0 radical (unpaired) electrons. The summed E-state index contributed by atoms with van der Waals surface area (Å²) in [6.07, 6.45) is 6.63. The fourth-order valence-electron chi connectivity index (χ4n) is 3.14. The topological polar surface area (TPSA) is 50.3 Å². The molecule has 1 aromatic heterocycles. The maximum atomic E-state index is 5.37. The number of benzene rings is 1. The Labute approximate surface area is 149 Å². The first-order valence-electron chi connectivity index (χ1n) is 8.84. The van der Waals surface area contributed by atoms with E-state index in [9.17, 15) is 0 Å². The number of aryl methyl sites for hydroxylation is 1. The highest BCUT2D eigenvalue weighted by atomic mass is 16.5. The Morgan fingerprint density at radius 3 is 2.92 bits per heavy atom. The summed E-state index contributed by atoms with van der Waals surface area (Å²) in [6.45, 7) is 4.83. The molecule has 0 bridgehead atoms. The second kappa shape index (κ2) is 8.62. The molecule has 0 aliphatic carbocycles. The van der Waals surface area contributed by atoms with E-state index in [4.69, 9.17) is 4.74 Å². The maximum absolute atomic E-state index is 5.37. The molecule has 25 heavy (non-hydrogen) atoms. The van der Waals surface area contributed by atoms with Crippen molar-refractivity contribution in [3.8, 4) is 5.75 Å². The van der Waals surface area contributed by atoms with Gasteiger partial charge in [-0.2, -0.15) is 5.10 Å². The van der Waals surface area contributed by atoms with Crippen molar-refractivity contribution in [3.05, 3.63) is 53.7 Å². The minimum atomic E-state index is 0.471. The Kier molecular flexibility index (Phi) is 6.01. The molecule has 1 aliphatic rings. The normalized spacial score (nSPS) is 17.8. The van der Waals surface area contributed by atoms with Crippen LogP contribution in [0.2, 0.25) is 0 Å². The molecule has 1 saturated heterocycles. The van der Waals surface area contributed by atoms with Gasteiger partial charge in [0.1, 0.15) is 5.75 Å². The number of rotatable bonds is 6. The molecule has 5 nitrogen and oxygen atoms in total. The third-order valence-electron chi connectivity index (χ3n) is 4.49. The summed E-state index contributed by atoms with van der Waals surface area (Å²) in [5, 5.41) is 12.1. The van der Waals surface area contributed by atoms with Crippen molar-refractivity contribution < 1.29 is 4.74 Å². The Bertz CT molecular complexity index is 699. The van der Waals surface area contributed by atoms with E-state index in [1.165, 1.54) is 12.8 Å². The average molecular weight is 338 g/mol. The van der Waals surface area contributed by atoms with Gasteiger partial charge in [0.25, 0.3) is 0 Å². The first-order chi connectivity index (χ1) is 12.3. The molecule has 1 aliphatic heterocycles. The van der Waals surface area contributed by atoms with Gasteiger partial charge in [0.15, 0.2) is 5.82 Å². The number of aromatic nitrogens is 2. The highest BCUT2D eigenvalue weighted by molar-refractivity contribution is 5.57. The van der Waals surface area contributed by atoms with Gasteiger partial charge in [-0.25, -0.2) is 0 Å². The standard InChI is InChI=1S/C20H26N4O/c1-16-11-12-20(23-22-16)24-14-6-9-18(15-24)21-13-5-8-17-7-3-4-10-19(17)25-2/h3-5,7-8,10-12,18,21H,6,9,13-15H2,1-2H3/b8-5-/t18-/m0/s1. The van der Waals surface area contributed by atoms with Crippen LogP contribution in [-0.2, 0) is 0 Å². The largest absolute Gasteiger partial charge is 0.496 e. The zero-order valence-corrected chi connectivity index (χ0v) is 15.0. The number of para-hydroxylation sites is 1. The van der Waals surface area contributed by atoms with Gasteiger partial charge in [-0.3, -0.25) is 0 Å². The Hall–Kier alpha value is -2.40. The predicted octanol–water partition coefficient (Wildman–Crippen LogP) is 3.07. The molecule has 1 N–H and O–H groups in total. The van der Waals surface area contributed by atoms with Gasteiger partial charge in [0, 0.05) is 31.2 Å². The van der Waals surface area contributed by atoms with Gasteiger partial charge in [0.2, 0.25) is 0 Å². The Morgan fingerprint density at radius 2 is 2.12 bits per heavy atom. The van der Waals surface area contributed by atoms with E-state index >= 15 is 0 Å². The van der Waals surface area contributed by atoms with Crippen molar-refractivity contribution in [1.82, 2.24) is 15.5 Å². The molecule has 0 unspecified atom stereocenters. The number of methoxy groups -OCH3 is 1. The molecule has 2 aromatic rings. The van der Waals surface area contributed by atoms with E-state index in [1.54, 1.807) is 7.11 Å². The molecule has 0 amide bonds. The summed E-state index contributed by atoms with van der Waals surface area (Å²) in [4.78, 5) is 2.32. The SMILES string of the molecule is COc1ccccc1/C=C\CN[C@H]1CCCN(c2ccc(C)nn2)C1. The second-order valence-electron chi connectivity index (χ2n) is 6.37. The molecule has 1 fully saturated rings. The maximum Gasteiger partial charge on any atom is 0.151 e. The number of nitrogens with one attached hydrogen (secondary N) is 1. The summed E-state index contributed by atoms with van der Waals surface area (Å²) in [6, 6.07) is 12.6. The van der Waals surface area contributed by atoms with Crippen molar-refractivity contribution in [2.75, 3.05) is 31.6 Å². The number of hydrogen-bond donors (Lipinski definition) is 1. The summed E-state index contributed by atoms with van der Waals surface area (Å²) < 4.78 is 5.37. The molecular formula is C20H26N4O. The fraction of sp³-hybridized carbons (Fsp3) is 0.400. The van der Waals surface area contributed by atoms with Crippen LogP contribution in [0, 0.1) is 6.92 Å². The first-order valence-corrected chi connectivity index (χ1v) is 8.84. The first kappa shape index (κ1) is 17.4. The third kappa shape index (κ3) is 4.79. The number of piperidine rings is 1. The van der Waals surface area contributed by atoms with E-state index < -0.39 is 0 Å². The lowest BCUT2D eigenvalue weighted by atomic mass is 10.1. The van der Waals surface area contributed by atoms with Crippen LogP contribution in [0.4, 0.5) is 5.82 Å².